The first-order chi connectivity index (χ1) is 10.8. The van der Waals surface area contributed by atoms with Gasteiger partial charge in [0.1, 0.15) is 17.7 Å². The number of hydrogen-bond acceptors (Lipinski definition) is 4. The molecule has 0 aliphatic carbocycles. The average molecular weight is 336 g/mol. The third-order valence-electron chi connectivity index (χ3n) is 3.14. The minimum absolute atomic E-state index is 0.216. The number of hydrogen-bond donors (Lipinski definition) is 3. The van der Waals surface area contributed by atoms with E-state index in [1.54, 1.807) is 38.1 Å². The largest absolute Gasteiger partial charge is 0.480 e. The van der Waals surface area contributed by atoms with E-state index >= 15 is 0 Å². The molecule has 3 N–H and O–H groups in total. The summed E-state index contributed by atoms with van der Waals surface area (Å²) in [5.74, 6) is -2.19. The highest BCUT2D eigenvalue weighted by atomic mass is 35.5. The first kappa shape index (κ1) is 18.5. The summed E-state index contributed by atoms with van der Waals surface area (Å²) in [7, 11) is 0. The zero-order valence-electron chi connectivity index (χ0n) is 13.1. The average Bonchev–Trinajstić information content (AvgIpc) is 2.46. The van der Waals surface area contributed by atoms with Gasteiger partial charge < -0.3 is 15.7 Å². The van der Waals surface area contributed by atoms with Gasteiger partial charge in [-0.05, 0) is 36.6 Å². The third-order valence-corrected chi connectivity index (χ3v) is 3.38. The van der Waals surface area contributed by atoms with Gasteiger partial charge in [-0.1, -0.05) is 25.4 Å². The molecular weight excluding hydrogens is 318 g/mol. The summed E-state index contributed by atoms with van der Waals surface area (Å²) in [6.45, 7) is 5.17. The van der Waals surface area contributed by atoms with Crippen LogP contribution >= 0.6 is 11.6 Å². The van der Waals surface area contributed by atoms with Crippen LogP contribution in [0.5, 0.6) is 0 Å². The molecule has 7 heteroatoms. The molecule has 0 heterocycles. The minimum Gasteiger partial charge on any atom is -0.480 e. The van der Waals surface area contributed by atoms with Crippen LogP contribution in [0.2, 0.25) is 5.02 Å². The Morgan fingerprint density at radius 1 is 1.39 bits per heavy atom. The van der Waals surface area contributed by atoms with Crippen molar-refractivity contribution in [1.82, 2.24) is 5.32 Å². The summed E-state index contributed by atoms with van der Waals surface area (Å²) in [5.41, 5.74) is 1.32. The predicted molar refractivity (Wildman–Crippen MR) is 87.9 cm³/mol. The molecule has 0 radical (unpaired) electrons. The van der Waals surface area contributed by atoms with Crippen molar-refractivity contribution in [2.24, 2.45) is 5.92 Å². The first-order valence-electron chi connectivity index (χ1n) is 6.93. The van der Waals surface area contributed by atoms with Gasteiger partial charge in [0.15, 0.2) is 0 Å². The van der Waals surface area contributed by atoms with E-state index in [4.69, 9.17) is 22.0 Å². The number of nitriles is 1. The van der Waals surface area contributed by atoms with Gasteiger partial charge in [-0.15, -0.1) is 0 Å². The molecule has 1 rings (SSSR count). The van der Waals surface area contributed by atoms with Crippen molar-refractivity contribution in [3.05, 3.63) is 40.6 Å². The van der Waals surface area contributed by atoms with Crippen LogP contribution in [0, 0.1) is 24.2 Å². The van der Waals surface area contributed by atoms with Gasteiger partial charge in [0.25, 0.3) is 5.91 Å². The number of carboxylic acid groups (broad SMARTS) is 1. The fourth-order valence-corrected chi connectivity index (χ4v) is 2.05. The minimum atomic E-state index is -1.15. The van der Waals surface area contributed by atoms with Crippen molar-refractivity contribution in [2.45, 2.75) is 26.8 Å². The molecule has 0 aromatic heterocycles. The Kier molecular flexibility index (Phi) is 6.61. The van der Waals surface area contributed by atoms with Gasteiger partial charge in [0.2, 0.25) is 0 Å². The molecule has 0 aliphatic rings. The van der Waals surface area contributed by atoms with E-state index in [0.29, 0.717) is 10.7 Å². The molecule has 1 aromatic rings. The fourth-order valence-electron chi connectivity index (χ4n) is 1.82. The summed E-state index contributed by atoms with van der Waals surface area (Å²) in [4.78, 5) is 23.1. The van der Waals surface area contributed by atoms with Gasteiger partial charge in [0, 0.05) is 16.9 Å². The van der Waals surface area contributed by atoms with E-state index in [2.05, 4.69) is 10.6 Å². The Bertz CT molecular complexity index is 678. The zero-order chi connectivity index (χ0) is 17.6. The molecule has 122 valence electrons. The van der Waals surface area contributed by atoms with Crippen LogP contribution in [0.4, 0.5) is 5.69 Å². The molecule has 0 saturated carbocycles. The molecule has 0 fully saturated rings. The van der Waals surface area contributed by atoms with E-state index < -0.39 is 17.9 Å². The van der Waals surface area contributed by atoms with Gasteiger partial charge in [-0.25, -0.2) is 4.79 Å². The number of amides is 1. The number of rotatable bonds is 6. The Balaban J connectivity index is 2.88. The summed E-state index contributed by atoms with van der Waals surface area (Å²) < 4.78 is 0. The number of carboxylic acids is 1. The second-order valence-corrected chi connectivity index (χ2v) is 5.74. The van der Waals surface area contributed by atoms with E-state index in [0.717, 1.165) is 5.56 Å². The SMILES string of the molecule is Cc1cc(Cl)ccc1N/C=C(/C#N)C(=O)NC(C(=O)O)C(C)C. The summed E-state index contributed by atoms with van der Waals surface area (Å²) in [5, 5.41) is 23.9. The van der Waals surface area contributed by atoms with E-state index in [-0.39, 0.29) is 11.5 Å². The quantitative estimate of drug-likeness (QED) is 0.548. The summed E-state index contributed by atoms with van der Waals surface area (Å²) in [6.07, 6.45) is 1.24. The van der Waals surface area contributed by atoms with E-state index in [9.17, 15) is 9.59 Å². The van der Waals surface area contributed by atoms with Crippen molar-refractivity contribution in [3.8, 4) is 6.07 Å². The number of anilines is 1. The third kappa shape index (κ3) is 5.31. The Hall–Kier alpha value is -2.52. The maximum absolute atomic E-state index is 12.0. The van der Waals surface area contributed by atoms with Gasteiger partial charge in [0.05, 0.1) is 0 Å². The highest BCUT2D eigenvalue weighted by Gasteiger charge is 2.24. The van der Waals surface area contributed by atoms with Gasteiger partial charge >= 0.3 is 5.97 Å². The number of benzene rings is 1. The second-order valence-electron chi connectivity index (χ2n) is 5.31. The molecule has 1 amide bonds. The Labute approximate surface area is 139 Å². The van der Waals surface area contributed by atoms with Crippen molar-refractivity contribution >= 4 is 29.2 Å². The van der Waals surface area contributed by atoms with E-state index in [1.807, 2.05) is 6.92 Å². The van der Waals surface area contributed by atoms with Crippen LogP contribution in [0.15, 0.2) is 30.0 Å². The molecular formula is C16H18ClN3O3. The van der Waals surface area contributed by atoms with Crippen LogP contribution in [-0.2, 0) is 9.59 Å². The van der Waals surface area contributed by atoms with Crippen molar-refractivity contribution < 1.29 is 14.7 Å². The summed E-state index contributed by atoms with van der Waals surface area (Å²) >= 11 is 5.86. The zero-order valence-corrected chi connectivity index (χ0v) is 13.8. The van der Waals surface area contributed by atoms with Crippen LogP contribution < -0.4 is 10.6 Å². The highest BCUT2D eigenvalue weighted by molar-refractivity contribution is 6.30. The second kappa shape index (κ2) is 8.20. The number of aliphatic carboxylic acids is 1. The lowest BCUT2D eigenvalue weighted by molar-refractivity contribution is -0.142. The van der Waals surface area contributed by atoms with Gasteiger partial charge in [-0.3, -0.25) is 4.79 Å². The predicted octanol–water partition coefficient (Wildman–Crippen LogP) is 2.69. The fraction of sp³-hybridized carbons (Fsp3) is 0.312. The molecule has 0 aliphatic heterocycles. The number of halogens is 1. The van der Waals surface area contributed by atoms with Crippen LogP contribution in [-0.4, -0.2) is 23.0 Å². The van der Waals surface area contributed by atoms with E-state index in [1.165, 1.54) is 6.20 Å². The normalized spacial score (nSPS) is 12.4. The van der Waals surface area contributed by atoms with Crippen LogP contribution in [0.25, 0.3) is 0 Å². The first-order valence-corrected chi connectivity index (χ1v) is 7.30. The van der Waals surface area contributed by atoms with Crippen molar-refractivity contribution in [2.75, 3.05) is 5.32 Å². The molecule has 1 aromatic carbocycles. The molecule has 0 saturated heterocycles. The number of aryl methyl sites for hydroxylation is 1. The standard InChI is InChI=1S/C16H18ClN3O3/c1-9(2)14(16(22)23)20-15(21)11(7-18)8-19-13-5-4-12(17)6-10(13)3/h4-6,8-9,14,19H,1-3H3,(H,20,21)(H,22,23)/b11-8-. The molecule has 1 atom stereocenters. The Morgan fingerprint density at radius 3 is 2.52 bits per heavy atom. The summed E-state index contributed by atoms with van der Waals surface area (Å²) in [6, 6.07) is 5.83. The molecule has 23 heavy (non-hydrogen) atoms. The molecule has 0 bridgehead atoms. The van der Waals surface area contributed by atoms with Crippen LogP contribution in [0.3, 0.4) is 0 Å². The van der Waals surface area contributed by atoms with Crippen LogP contribution in [0.1, 0.15) is 19.4 Å². The lowest BCUT2D eigenvalue weighted by Crippen LogP contribution is -2.44. The van der Waals surface area contributed by atoms with Crippen molar-refractivity contribution in [3.63, 3.8) is 0 Å². The number of nitrogens with one attached hydrogen (secondary N) is 2. The lowest BCUT2D eigenvalue weighted by Gasteiger charge is -2.17. The molecule has 6 nitrogen and oxygen atoms in total. The van der Waals surface area contributed by atoms with Crippen molar-refractivity contribution in [1.29, 1.82) is 5.26 Å². The lowest BCUT2D eigenvalue weighted by atomic mass is 10.0. The number of carbonyl (C=O) groups excluding carboxylic acids is 1. The maximum Gasteiger partial charge on any atom is 0.326 e. The highest BCUT2D eigenvalue weighted by Crippen LogP contribution is 2.19. The Morgan fingerprint density at radius 2 is 2.04 bits per heavy atom. The van der Waals surface area contributed by atoms with Gasteiger partial charge in [-0.2, -0.15) is 5.26 Å². The topological polar surface area (TPSA) is 102 Å². The monoisotopic (exact) mass is 335 g/mol. The number of carbonyl (C=O) groups is 2. The number of nitrogens with zero attached hydrogens (tertiary/aromatic N) is 1. The molecule has 0 spiro atoms. The smallest absolute Gasteiger partial charge is 0.326 e. The maximum atomic E-state index is 12.0. The molecule has 1 unspecified atom stereocenters.